The molecule has 0 amide bonds. The highest BCUT2D eigenvalue weighted by molar-refractivity contribution is 14.1. The first-order chi connectivity index (χ1) is 4.83. The first-order valence-corrected chi connectivity index (χ1v) is 4.08. The number of rotatable bonds is 1. The fourth-order valence-corrected chi connectivity index (χ4v) is 1.37. The van der Waals surface area contributed by atoms with Gasteiger partial charge in [-0.05, 0) is 40.3 Å². The molecular weight excluding hydrogens is 235 g/mol. The molecule has 0 spiro atoms. The average Bonchev–Trinajstić information content (AvgIpc) is 1.88. The van der Waals surface area contributed by atoms with Gasteiger partial charge < -0.3 is 0 Å². The van der Waals surface area contributed by atoms with Crippen LogP contribution in [0.25, 0.3) is 0 Å². The summed E-state index contributed by atoms with van der Waals surface area (Å²) < 4.78 is 1.24. The largest absolute Gasteiger partial charge is 0.120 e. The first kappa shape index (κ1) is 7.62. The van der Waals surface area contributed by atoms with E-state index in [0.29, 0.717) is 0 Å². The Morgan fingerprint density at radius 2 is 2.30 bits per heavy atom. The zero-order valence-electron chi connectivity index (χ0n) is 5.47. The van der Waals surface area contributed by atoms with Crippen LogP contribution in [0.15, 0.2) is 24.3 Å². The van der Waals surface area contributed by atoms with E-state index in [1.165, 1.54) is 9.13 Å². The van der Waals surface area contributed by atoms with Crippen molar-refractivity contribution in [2.45, 2.75) is 6.42 Å². The Kier molecular flexibility index (Phi) is 2.76. The van der Waals surface area contributed by atoms with Crippen LogP contribution in [0.4, 0.5) is 0 Å². The van der Waals surface area contributed by atoms with Crippen molar-refractivity contribution in [3.05, 3.63) is 33.4 Å². The van der Waals surface area contributed by atoms with Gasteiger partial charge in [-0.2, -0.15) is 0 Å². The summed E-state index contributed by atoms with van der Waals surface area (Å²) in [6, 6.07) is 8.22. The Labute approximate surface area is 74.8 Å². The number of halogens is 1. The molecule has 0 saturated carbocycles. The Bertz CT molecular complexity index is 258. The van der Waals surface area contributed by atoms with Crippen LogP contribution in [0.2, 0.25) is 0 Å². The monoisotopic (exact) mass is 242 g/mol. The molecule has 0 unspecified atom stereocenters. The predicted octanol–water partition coefficient (Wildman–Crippen LogP) is 2.47. The fourth-order valence-electron chi connectivity index (χ4n) is 0.765. The standard InChI is InChI=1S/C9H7I/c1-2-4-8-5-3-6-9(10)7-8/h1,3,5-7H,4H2. The first-order valence-electron chi connectivity index (χ1n) is 3.01. The van der Waals surface area contributed by atoms with E-state index in [2.05, 4.69) is 40.6 Å². The molecule has 0 fully saturated rings. The highest BCUT2D eigenvalue weighted by Gasteiger charge is 1.88. The van der Waals surface area contributed by atoms with E-state index in [-0.39, 0.29) is 0 Å². The molecule has 0 aliphatic heterocycles. The van der Waals surface area contributed by atoms with Gasteiger partial charge in [0.2, 0.25) is 0 Å². The molecule has 50 valence electrons. The smallest absolute Gasteiger partial charge is 0.0338 e. The van der Waals surface area contributed by atoms with Crippen molar-refractivity contribution >= 4 is 22.6 Å². The zero-order valence-corrected chi connectivity index (χ0v) is 7.63. The maximum absolute atomic E-state index is 5.16. The molecular formula is C9H7I. The van der Waals surface area contributed by atoms with Crippen LogP contribution in [0.3, 0.4) is 0 Å². The number of hydrogen-bond acceptors (Lipinski definition) is 0. The maximum Gasteiger partial charge on any atom is 0.0338 e. The summed E-state index contributed by atoms with van der Waals surface area (Å²) in [5.74, 6) is 2.61. The van der Waals surface area contributed by atoms with Gasteiger partial charge in [0.25, 0.3) is 0 Å². The van der Waals surface area contributed by atoms with Crippen LogP contribution in [-0.4, -0.2) is 0 Å². The van der Waals surface area contributed by atoms with Gasteiger partial charge in [-0.25, -0.2) is 0 Å². The lowest BCUT2D eigenvalue weighted by atomic mass is 10.2. The summed E-state index contributed by atoms with van der Waals surface area (Å²) >= 11 is 2.28. The predicted molar refractivity (Wildman–Crippen MR) is 51.7 cm³/mol. The minimum Gasteiger partial charge on any atom is -0.120 e. The Morgan fingerprint density at radius 1 is 1.50 bits per heavy atom. The lowest BCUT2D eigenvalue weighted by molar-refractivity contribution is 1.31. The summed E-state index contributed by atoms with van der Waals surface area (Å²) in [5, 5.41) is 0. The molecule has 0 atom stereocenters. The van der Waals surface area contributed by atoms with Crippen molar-refractivity contribution in [1.29, 1.82) is 0 Å². The SMILES string of the molecule is C#CCc1cccc(I)c1. The molecule has 0 aliphatic carbocycles. The van der Waals surface area contributed by atoms with Crippen molar-refractivity contribution in [2.75, 3.05) is 0 Å². The molecule has 0 saturated heterocycles. The quantitative estimate of drug-likeness (QED) is 0.524. The topological polar surface area (TPSA) is 0 Å². The van der Waals surface area contributed by atoms with Crippen LogP contribution >= 0.6 is 22.6 Å². The van der Waals surface area contributed by atoms with Crippen LogP contribution in [0, 0.1) is 15.9 Å². The summed E-state index contributed by atoms with van der Waals surface area (Å²) in [4.78, 5) is 0. The molecule has 1 heteroatoms. The highest BCUT2D eigenvalue weighted by Crippen LogP contribution is 2.07. The minimum atomic E-state index is 0.733. The van der Waals surface area contributed by atoms with Gasteiger partial charge in [0, 0.05) is 9.99 Å². The van der Waals surface area contributed by atoms with Gasteiger partial charge in [0.05, 0.1) is 0 Å². The van der Waals surface area contributed by atoms with E-state index < -0.39 is 0 Å². The van der Waals surface area contributed by atoms with E-state index >= 15 is 0 Å². The summed E-state index contributed by atoms with van der Waals surface area (Å²) in [5.41, 5.74) is 1.22. The van der Waals surface area contributed by atoms with Crippen molar-refractivity contribution < 1.29 is 0 Å². The third-order valence-corrected chi connectivity index (χ3v) is 1.87. The average molecular weight is 242 g/mol. The molecule has 0 aliphatic rings. The normalized spacial score (nSPS) is 8.80. The van der Waals surface area contributed by atoms with Crippen molar-refractivity contribution in [3.8, 4) is 12.3 Å². The van der Waals surface area contributed by atoms with E-state index in [1.807, 2.05) is 12.1 Å². The third-order valence-electron chi connectivity index (χ3n) is 1.20. The summed E-state index contributed by atoms with van der Waals surface area (Å²) in [6.45, 7) is 0. The van der Waals surface area contributed by atoms with Gasteiger partial charge >= 0.3 is 0 Å². The van der Waals surface area contributed by atoms with E-state index in [0.717, 1.165) is 6.42 Å². The molecule has 1 rings (SSSR count). The fraction of sp³-hybridized carbons (Fsp3) is 0.111. The number of terminal acetylenes is 1. The molecule has 0 nitrogen and oxygen atoms in total. The van der Waals surface area contributed by atoms with Crippen molar-refractivity contribution in [3.63, 3.8) is 0 Å². The molecule has 0 bridgehead atoms. The minimum absolute atomic E-state index is 0.733. The maximum atomic E-state index is 5.16. The van der Waals surface area contributed by atoms with Gasteiger partial charge in [-0.3, -0.25) is 0 Å². The van der Waals surface area contributed by atoms with Crippen LogP contribution < -0.4 is 0 Å². The summed E-state index contributed by atoms with van der Waals surface area (Å²) in [6.07, 6.45) is 5.89. The molecule has 0 heterocycles. The second-order valence-corrected chi connectivity index (χ2v) is 3.26. The zero-order chi connectivity index (χ0) is 7.40. The third kappa shape index (κ3) is 2.03. The van der Waals surface area contributed by atoms with E-state index in [4.69, 9.17) is 6.42 Å². The molecule has 10 heavy (non-hydrogen) atoms. The Morgan fingerprint density at radius 3 is 2.90 bits per heavy atom. The lowest BCUT2D eigenvalue weighted by Gasteiger charge is -1.93. The molecule has 0 aromatic heterocycles. The molecule has 1 aromatic rings. The van der Waals surface area contributed by atoms with Crippen molar-refractivity contribution in [1.82, 2.24) is 0 Å². The van der Waals surface area contributed by atoms with Gasteiger partial charge in [-0.15, -0.1) is 12.3 Å². The lowest BCUT2D eigenvalue weighted by Crippen LogP contribution is -1.80. The molecule has 0 N–H and O–H groups in total. The van der Waals surface area contributed by atoms with Gasteiger partial charge in [-0.1, -0.05) is 12.1 Å². The van der Waals surface area contributed by atoms with Gasteiger partial charge in [0.1, 0.15) is 0 Å². The van der Waals surface area contributed by atoms with Crippen LogP contribution in [0.1, 0.15) is 5.56 Å². The Balaban J connectivity index is 2.87. The van der Waals surface area contributed by atoms with Gasteiger partial charge in [0.15, 0.2) is 0 Å². The number of benzene rings is 1. The Hall–Kier alpha value is -0.490. The highest BCUT2D eigenvalue weighted by atomic mass is 127. The summed E-state index contributed by atoms with van der Waals surface area (Å²) in [7, 11) is 0. The van der Waals surface area contributed by atoms with Crippen LogP contribution in [-0.2, 0) is 6.42 Å². The molecule has 1 aromatic carbocycles. The van der Waals surface area contributed by atoms with E-state index in [1.54, 1.807) is 0 Å². The van der Waals surface area contributed by atoms with Crippen molar-refractivity contribution in [2.24, 2.45) is 0 Å². The number of hydrogen-bond donors (Lipinski definition) is 0. The van der Waals surface area contributed by atoms with E-state index in [9.17, 15) is 0 Å². The van der Waals surface area contributed by atoms with Crippen LogP contribution in [0.5, 0.6) is 0 Å². The second kappa shape index (κ2) is 3.62. The second-order valence-electron chi connectivity index (χ2n) is 2.01. The molecule has 0 radical (unpaired) electrons.